The Labute approximate surface area is 114 Å². The third kappa shape index (κ3) is 3.44. The number of hydrogen-bond acceptors (Lipinski definition) is 4. The summed E-state index contributed by atoms with van der Waals surface area (Å²) >= 11 is 0. The van der Waals surface area contributed by atoms with Crippen molar-refractivity contribution in [2.75, 3.05) is 24.5 Å². The number of hydrogen-bond donors (Lipinski definition) is 2. The van der Waals surface area contributed by atoms with Crippen molar-refractivity contribution >= 4 is 11.7 Å². The lowest BCUT2D eigenvalue weighted by molar-refractivity contribution is -0.122. The summed E-state index contributed by atoms with van der Waals surface area (Å²) < 4.78 is 0. The normalized spacial score (nSPS) is 19.4. The van der Waals surface area contributed by atoms with Gasteiger partial charge in [0, 0.05) is 25.8 Å². The summed E-state index contributed by atoms with van der Waals surface area (Å²) in [6, 6.07) is 3.92. The zero-order valence-electron chi connectivity index (χ0n) is 11.6. The van der Waals surface area contributed by atoms with E-state index >= 15 is 0 Å². The summed E-state index contributed by atoms with van der Waals surface area (Å²) in [7, 11) is 0. The second-order valence-electron chi connectivity index (χ2n) is 4.86. The molecule has 1 amide bonds. The molecule has 5 nitrogen and oxygen atoms in total. The maximum Gasteiger partial charge on any atom is 0.242 e. The summed E-state index contributed by atoms with van der Waals surface area (Å²) in [5.74, 6) is 0.948. The van der Waals surface area contributed by atoms with Crippen LogP contribution in [0, 0.1) is 0 Å². The van der Waals surface area contributed by atoms with E-state index in [1.54, 1.807) is 0 Å². The molecular weight excluding hydrogens is 240 g/mol. The van der Waals surface area contributed by atoms with Crippen LogP contribution in [0.5, 0.6) is 0 Å². The third-order valence-electron chi connectivity index (χ3n) is 3.36. The van der Waals surface area contributed by atoms with Gasteiger partial charge in [0.05, 0.1) is 0 Å². The Morgan fingerprint density at radius 1 is 1.53 bits per heavy atom. The number of carbonyl (C=O) groups excluding carboxylic acids is 1. The van der Waals surface area contributed by atoms with E-state index in [4.69, 9.17) is 0 Å². The van der Waals surface area contributed by atoms with Gasteiger partial charge in [0.2, 0.25) is 5.91 Å². The van der Waals surface area contributed by atoms with E-state index in [0.717, 1.165) is 31.9 Å². The molecule has 0 spiro atoms. The Bertz CT molecular complexity index is 418. The van der Waals surface area contributed by atoms with Gasteiger partial charge in [0.25, 0.3) is 0 Å². The highest BCUT2D eigenvalue weighted by Gasteiger charge is 2.26. The molecule has 1 unspecified atom stereocenters. The van der Waals surface area contributed by atoms with Gasteiger partial charge in [-0.15, -0.1) is 0 Å². The third-order valence-corrected chi connectivity index (χ3v) is 3.36. The number of nitrogens with one attached hydrogen (secondary N) is 2. The maximum absolute atomic E-state index is 11.6. The summed E-state index contributed by atoms with van der Waals surface area (Å²) in [5, 5.41) is 6.21. The van der Waals surface area contributed by atoms with Crippen LogP contribution in [0.1, 0.15) is 25.8 Å². The van der Waals surface area contributed by atoms with Gasteiger partial charge in [-0.05, 0) is 31.5 Å². The molecule has 1 atom stereocenters. The van der Waals surface area contributed by atoms with Crippen LogP contribution in [-0.4, -0.2) is 36.6 Å². The van der Waals surface area contributed by atoms with Crippen LogP contribution in [0.4, 0.5) is 5.82 Å². The van der Waals surface area contributed by atoms with Crippen molar-refractivity contribution in [3.05, 3.63) is 23.9 Å². The van der Waals surface area contributed by atoms with Crippen molar-refractivity contribution in [1.29, 1.82) is 0 Å². The number of piperazine rings is 1. The molecule has 19 heavy (non-hydrogen) atoms. The zero-order valence-corrected chi connectivity index (χ0v) is 11.6. The molecule has 0 bridgehead atoms. The van der Waals surface area contributed by atoms with Crippen molar-refractivity contribution in [2.45, 2.75) is 32.9 Å². The highest BCUT2D eigenvalue weighted by molar-refractivity contribution is 5.85. The lowest BCUT2D eigenvalue weighted by Gasteiger charge is -2.33. The van der Waals surface area contributed by atoms with Crippen molar-refractivity contribution in [3.63, 3.8) is 0 Å². The van der Waals surface area contributed by atoms with Crippen LogP contribution in [0.25, 0.3) is 0 Å². The maximum atomic E-state index is 11.6. The number of aromatic nitrogens is 1. The first-order valence-electron chi connectivity index (χ1n) is 6.92. The van der Waals surface area contributed by atoms with Crippen LogP contribution in [-0.2, 0) is 11.3 Å². The van der Waals surface area contributed by atoms with Crippen molar-refractivity contribution in [3.8, 4) is 0 Å². The average Bonchev–Trinajstić information content (AvgIpc) is 2.43. The molecule has 0 aromatic carbocycles. The first-order chi connectivity index (χ1) is 9.22. The van der Waals surface area contributed by atoms with Gasteiger partial charge in [-0.1, -0.05) is 13.0 Å². The molecule has 2 heterocycles. The molecule has 1 fully saturated rings. The summed E-state index contributed by atoms with van der Waals surface area (Å²) in [6.07, 6.45) is 3.02. The fraction of sp³-hybridized carbons (Fsp3) is 0.571. The fourth-order valence-electron chi connectivity index (χ4n) is 2.20. The van der Waals surface area contributed by atoms with Crippen molar-refractivity contribution < 1.29 is 4.79 Å². The van der Waals surface area contributed by atoms with Gasteiger partial charge in [0.1, 0.15) is 11.9 Å². The Morgan fingerprint density at radius 2 is 2.37 bits per heavy atom. The summed E-state index contributed by atoms with van der Waals surface area (Å²) in [5.41, 5.74) is 1.17. The molecule has 2 rings (SSSR count). The van der Waals surface area contributed by atoms with Gasteiger partial charge < -0.3 is 15.5 Å². The van der Waals surface area contributed by atoms with Crippen molar-refractivity contribution in [2.24, 2.45) is 0 Å². The molecule has 1 aromatic heterocycles. The monoisotopic (exact) mass is 262 g/mol. The molecule has 0 radical (unpaired) electrons. The predicted molar refractivity (Wildman–Crippen MR) is 76.1 cm³/mol. The topological polar surface area (TPSA) is 57.3 Å². The lowest BCUT2D eigenvalue weighted by Crippen LogP contribution is -2.54. The Morgan fingerprint density at radius 3 is 3.05 bits per heavy atom. The highest BCUT2D eigenvalue weighted by Crippen LogP contribution is 2.16. The number of carbonyl (C=O) groups is 1. The summed E-state index contributed by atoms with van der Waals surface area (Å²) in [6.45, 7) is 7.42. The Balaban J connectivity index is 1.99. The van der Waals surface area contributed by atoms with E-state index < -0.39 is 0 Å². The molecule has 5 heteroatoms. The first-order valence-corrected chi connectivity index (χ1v) is 6.92. The zero-order chi connectivity index (χ0) is 13.7. The molecule has 1 saturated heterocycles. The summed E-state index contributed by atoms with van der Waals surface area (Å²) in [4.78, 5) is 18.1. The van der Waals surface area contributed by atoms with Gasteiger partial charge >= 0.3 is 0 Å². The predicted octanol–water partition coefficient (Wildman–Crippen LogP) is 0.906. The quantitative estimate of drug-likeness (QED) is 0.774. The highest BCUT2D eigenvalue weighted by atomic mass is 16.2. The minimum Gasteiger partial charge on any atom is -0.353 e. The standard InChI is InChI=1S/C14H22N4O/c1-3-6-15-9-12-4-5-13(17-10-12)18-8-7-16-14(19)11(18)2/h4-5,10-11,15H,3,6-9H2,1-2H3,(H,16,19). The van der Waals surface area contributed by atoms with Gasteiger partial charge in [-0.2, -0.15) is 0 Å². The van der Waals surface area contributed by atoms with E-state index in [2.05, 4.69) is 28.6 Å². The number of amides is 1. The van der Waals surface area contributed by atoms with Crippen LogP contribution < -0.4 is 15.5 Å². The number of rotatable bonds is 5. The molecule has 0 saturated carbocycles. The van der Waals surface area contributed by atoms with Crippen LogP contribution in [0.2, 0.25) is 0 Å². The Hall–Kier alpha value is -1.62. The Kier molecular flexibility index (Phi) is 4.74. The molecule has 1 aromatic rings. The minimum atomic E-state index is -0.148. The van der Waals surface area contributed by atoms with Gasteiger partial charge in [-0.3, -0.25) is 4.79 Å². The second-order valence-corrected chi connectivity index (χ2v) is 4.86. The molecule has 1 aliphatic rings. The molecule has 2 N–H and O–H groups in total. The number of anilines is 1. The number of nitrogens with zero attached hydrogens (tertiary/aromatic N) is 2. The molecule has 1 aliphatic heterocycles. The van der Waals surface area contributed by atoms with E-state index in [9.17, 15) is 4.79 Å². The fourth-order valence-corrected chi connectivity index (χ4v) is 2.20. The minimum absolute atomic E-state index is 0.0711. The molecule has 0 aliphatic carbocycles. The van der Waals surface area contributed by atoms with Crippen LogP contribution >= 0.6 is 0 Å². The van der Waals surface area contributed by atoms with Gasteiger partial charge in [-0.25, -0.2) is 4.98 Å². The largest absolute Gasteiger partial charge is 0.353 e. The molecular formula is C14H22N4O. The SMILES string of the molecule is CCCNCc1ccc(N2CCNC(=O)C2C)nc1. The van der Waals surface area contributed by atoms with Crippen molar-refractivity contribution in [1.82, 2.24) is 15.6 Å². The lowest BCUT2D eigenvalue weighted by atomic mass is 10.2. The van der Waals surface area contributed by atoms with Crippen LogP contribution in [0.3, 0.4) is 0 Å². The van der Waals surface area contributed by atoms with Crippen LogP contribution in [0.15, 0.2) is 18.3 Å². The average molecular weight is 262 g/mol. The van der Waals surface area contributed by atoms with E-state index in [1.165, 1.54) is 5.56 Å². The van der Waals surface area contributed by atoms with E-state index in [-0.39, 0.29) is 11.9 Å². The van der Waals surface area contributed by atoms with Gasteiger partial charge in [0.15, 0.2) is 0 Å². The molecule has 104 valence electrons. The smallest absolute Gasteiger partial charge is 0.242 e. The number of pyridine rings is 1. The second kappa shape index (κ2) is 6.52. The van der Waals surface area contributed by atoms with E-state index in [0.29, 0.717) is 6.54 Å². The van der Waals surface area contributed by atoms with E-state index in [1.807, 2.05) is 24.1 Å². The first kappa shape index (κ1) is 13.8.